The van der Waals surface area contributed by atoms with Crippen LogP contribution in [0.5, 0.6) is 0 Å². The molecule has 0 bridgehead atoms. The van der Waals surface area contributed by atoms with E-state index in [1.54, 1.807) is 13.3 Å². The van der Waals surface area contributed by atoms with Crippen LogP contribution in [0, 0.1) is 0 Å². The van der Waals surface area contributed by atoms with Crippen molar-refractivity contribution in [3.05, 3.63) is 78.2 Å². The molecule has 2 aromatic carbocycles. The van der Waals surface area contributed by atoms with Crippen molar-refractivity contribution in [2.24, 2.45) is 4.99 Å². The van der Waals surface area contributed by atoms with Gasteiger partial charge < -0.3 is 20.4 Å². The molecule has 3 rings (SSSR count). The van der Waals surface area contributed by atoms with Crippen LogP contribution in [0.25, 0.3) is 11.5 Å². The van der Waals surface area contributed by atoms with Crippen LogP contribution in [-0.4, -0.2) is 30.4 Å². The molecule has 0 saturated heterocycles. The Kier molecular flexibility index (Phi) is 7.40. The van der Waals surface area contributed by atoms with Gasteiger partial charge in [-0.05, 0) is 17.7 Å². The minimum atomic E-state index is -0.0131. The number of nitrogens with zero attached hydrogens (tertiary/aromatic N) is 2. The first-order valence-corrected chi connectivity index (χ1v) is 9.49. The second-order valence-corrected chi connectivity index (χ2v) is 6.37. The van der Waals surface area contributed by atoms with Crippen molar-refractivity contribution in [1.82, 2.24) is 20.9 Å². The smallest absolute Gasteiger partial charge is 0.226 e. The Bertz CT molecular complexity index is 923. The summed E-state index contributed by atoms with van der Waals surface area (Å²) in [7, 11) is 1.68. The highest BCUT2D eigenvalue weighted by molar-refractivity contribution is 5.81. The molecule has 0 fully saturated rings. The highest BCUT2D eigenvalue weighted by Crippen LogP contribution is 2.17. The SMILES string of the molecule is CN=C(NCCC(=O)NCc1ccccc1)NCc1coc(-c2ccccc2)n1. The Morgan fingerprint density at radius 2 is 1.69 bits per heavy atom. The summed E-state index contributed by atoms with van der Waals surface area (Å²) in [6, 6.07) is 19.6. The summed E-state index contributed by atoms with van der Waals surface area (Å²) in [6.45, 7) is 1.48. The fourth-order valence-corrected chi connectivity index (χ4v) is 2.68. The molecule has 1 heterocycles. The third-order valence-corrected chi connectivity index (χ3v) is 4.21. The number of benzene rings is 2. The van der Waals surface area contributed by atoms with E-state index in [2.05, 4.69) is 25.9 Å². The van der Waals surface area contributed by atoms with E-state index in [1.807, 2.05) is 60.7 Å². The van der Waals surface area contributed by atoms with Crippen LogP contribution in [-0.2, 0) is 17.9 Å². The number of amides is 1. The second kappa shape index (κ2) is 10.7. The van der Waals surface area contributed by atoms with Gasteiger partial charge in [0.2, 0.25) is 11.8 Å². The summed E-state index contributed by atoms with van der Waals surface area (Å²) in [6.07, 6.45) is 1.98. The standard InChI is InChI=1S/C22H25N5O2/c1-23-22(24-13-12-20(28)25-14-17-8-4-2-5-9-17)26-15-19-16-29-21(27-19)18-10-6-3-7-11-18/h2-11,16H,12-15H2,1H3,(H,25,28)(H2,23,24,26). The molecule has 0 atom stereocenters. The number of rotatable bonds is 8. The monoisotopic (exact) mass is 391 g/mol. The molecule has 0 radical (unpaired) electrons. The average Bonchev–Trinajstić information content (AvgIpc) is 3.25. The Labute approximate surface area is 170 Å². The number of nitrogens with one attached hydrogen (secondary N) is 3. The number of hydrogen-bond donors (Lipinski definition) is 3. The van der Waals surface area contributed by atoms with Crippen LogP contribution in [0.4, 0.5) is 0 Å². The Morgan fingerprint density at radius 1 is 0.966 bits per heavy atom. The second-order valence-electron chi connectivity index (χ2n) is 6.37. The predicted molar refractivity (Wildman–Crippen MR) is 113 cm³/mol. The first-order valence-electron chi connectivity index (χ1n) is 9.49. The van der Waals surface area contributed by atoms with Crippen molar-refractivity contribution < 1.29 is 9.21 Å². The molecule has 0 aliphatic heterocycles. The Hall–Kier alpha value is -3.61. The first-order chi connectivity index (χ1) is 14.2. The lowest BCUT2D eigenvalue weighted by atomic mass is 10.2. The summed E-state index contributed by atoms with van der Waals surface area (Å²) in [4.78, 5) is 20.6. The molecule has 0 aliphatic carbocycles. The van der Waals surface area contributed by atoms with Crippen molar-refractivity contribution >= 4 is 11.9 Å². The number of aliphatic imine (C=N–C) groups is 1. The quantitative estimate of drug-likeness (QED) is 0.406. The molecule has 0 unspecified atom stereocenters. The molecule has 1 amide bonds. The molecule has 0 spiro atoms. The van der Waals surface area contributed by atoms with Gasteiger partial charge in [-0.25, -0.2) is 4.98 Å². The van der Waals surface area contributed by atoms with Gasteiger partial charge in [-0.15, -0.1) is 0 Å². The van der Waals surface area contributed by atoms with Crippen LogP contribution in [0.1, 0.15) is 17.7 Å². The number of carbonyl (C=O) groups excluding carboxylic acids is 1. The van der Waals surface area contributed by atoms with Crippen LogP contribution in [0.2, 0.25) is 0 Å². The van der Waals surface area contributed by atoms with E-state index >= 15 is 0 Å². The van der Waals surface area contributed by atoms with Gasteiger partial charge >= 0.3 is 0 Å². The van der Waals surface area contributed by atoms with E-state index in [0.717, 1.165) is 16.8 Å². The maximum absolute atomic E-state index is 12.0. The van der Waals surface area contributed by atoms with Gasteiger partial charge in [-0.2, -0.15) is 0 Å². The maximum Gasteiger partial charge on any atom is 0.226 e. The zero-order chi connectivity index (χ0) is 20.3. The molecular formula is C22H25N5O2. The van der Waals surface area contributed by atoms with Gasteiger partial charge in [0, 0.05) is 32.1 Å². The number of oxazole rings is 1. The summed E-state index contributed by atoms with van der Waals surface area (Å²) in [5.41, 5.74) is 2.78. The van der Waals surface area contributed by atoms with Gasteiger partial charge in [0.05, 0.1) is 12.2 Å². The number of carbonyl (C=O) groups is 1. The van der Waals surface area contributed by atoms with Crippen molar-refractivity contribution in [2.75, 3.05) is 13.6 Å². The van der Waals surface area contributed by atoms with E-state index in [4.69, 9.17) is 4.42 Å². The van der Waals surface area contributed by atoms with E-state index in [-0.39, 0.29) is 5.91 Å². The molecule has 3 aromatic rings. The molecule has 0 saturated carbocycles. The van der Waals surface area contributed by atoms with Crippen molar-refractivity contribution in [3.63, 3.8) is 0 Å². The highest BCUT2D eigenvalue weighted by Gasteiger charge is 2.07. The molecule has 1 aromatic heterocycles. The summed E-state index contributed by atoms with van der Waals surface area (Å²) >= 11 is 0. The summed E-state index contributed by atoms with van der Waals surface area (Å²) < 4.78 is 5.53. The average molecular weight is 391 g/mol. The first kappa shape index (κ1) is 20.1. The zero-order valence-corrected chi connectivity index (χ0v) is 16.4. The van der Waals surface area contributed by atoms with Crippen molar-refractivity contribution in [2.45, 2.75) is 19.5 Å². The molecule has 150 valence electrons. The van der Waals surface area contributed by atoms with Gasteiger partial charge in [0.25, 0.3) is 0 Å². The minimum Gasteiger partial charge on any atom is -0.444 e. The topological polar surface area (TPSA) is 91.5 Å². The number of guanidine groups is 1. The van der Waals surface area contributed by atoms with E-state index in [1.165, 1.54) is 0 Å². The number of hydrogen-bond acceptors (Lipinski definition) is 4. The Morgan fingerprint density at radius 3 is 2.41 bits per heavy atom. The van der Waals surface area contributed by atoms with Crippen molar-refractivity contribution in [3.8, 4) is 11.5 Å². The lowest BCUT2D eigenvalue weighted by Gasteiger charge is -2.11. The van der Waals surface area contributed by atoms with Crippen molar-refractivity contribution in [1.29, 1.82) is 0 Å². The van der Waals surface area contributed by atoms with E-state index in [0.29, 0.717) is 37.9 Å². The molecule has 29 heavy (non-hydrogen) atoms. The van der Waals surface area contributed by atoms with E-state index in [9.17, 15) is 4.79 Å². The normalized spacial score (nSPS) is 11.1. The highest BCUT2D eigenvalue weighted by atomic mass is 16.3. The fourth-order valence-electron chi connectivity index (χ4n) is 2.68. The fraction of sp³-hybridized carbons (Fsp3) is 0.227. The zero-order valence-electron chi connectivity index (χ0n) is 16.4. The maximum atomic E-state index is 12.0. The minimum absolute atomic E-state index is 0.0131. The summed E-state index contributed by atoms with van der Waals surface area (Å²) in [5, 5.41) is 9.20. The predicted octanol–water partition coefficient (Wildman–Crippen LogP) is 2.71. The van der Waals surface area contributed by atoms with Gasteiger partial charge in [-0.3, -0.25) is 9.79 Å². The molecule has 0 aliphatic rings. The van der Waals surface area contributed by atoms with Gasteiger partial charge in [0.1, 0.15) is 6.26 Å². The van der Waals surface area contributed by atoms with Crippen LogP contribution < -0.4 is 16.0 Å². The lowest BCUT2D eigenvalue weighted by Crippen LogP contribution is -2.38. The molecule has 7 heteroatoms. The third kappa shape index (κ3) is 6.49. The molecule has 7 nitrogen and oxygen atoms in total. The lowest BCUT2D eigenvalue weighted by molar-refractivity contribution is -0.121. The summed E-state index contributed by atoms with van der Waals surface area (Å²) in [5.74, 6) is 1.17. The van der Waals surface area contributed by atoms with E-state index < -0.39 is 0 Å². The van der Waals surface area contributed by atoms with Crippen LogP contribution in [0.15, 0.2) is 76.3 Å². The molecule has 3 N–H and O–H groups in total. The third-order valence-electron chi connectivity index (χ3n) is 4.21. The van der Waals surface area contributed by atoms with Crippen LogP contribution >= 0.6 is 0 Å². The number of aromatic nitrogens is 1. The molecular weight excluding hydrogens is 366 g/mol. The largest absolute Gasteiger partial charge is 0.444 e. The Balaban J connectivity index is 1.37. The van der Waals surface area contributed by atoms with Gasteiger partial charge in [-0.1, -0.05) is 48.5 Å². The van der Waals surface area contributed by atoms with Crippen LogP contribution in [0.3, 0.4) is 0 Å². The van der Waals surface area contributed by atoms with Gasteiger partial charge in [0.15, 0.2) is 5.96 Å².